The minimum atomic E-state index is 0.0114. The molecule has 1 heterocycles. The van der Waals surface area contributed by atoms with Crippen LogP contribution in [0.3, 0.4) is 0 Å². The lowest BCUT2D eigenvalue weighted by Gasteiger charge is -2.28. The van der Waals surface area contributed by atoms with Gasteiger partial charge in [0.05, 0.1) is 19.0 Å². The summed E-state index contributed by atoms with van der Waals surface area (Å²) < 4.78 is 0. The van der Waals surface area contributed by atoms with Crippen molar-refractivity contribution in [2.24, 2.45) is 0 Å². The second-order valence-electron chi connectivity index (χ2n) is 5.40. The number of anilines is 1. The number of carbonyl (C=O) groups is 1. The van der Waals surface area contributed by atoms with Crippen molar-refractivity contribution in [1.29, 1.82) is 5.26 Å². The van der Waals surface area contributed by atoms with Crippen LogP contribution < -0.4 is 4.90 Å². The molecule has 0 N–H and O–H groups in total. The van der Waals surface area contributed by atoms with E-state index < -0.39 is 0 Å². The molecule has 0 spiro atoms. The Morgan fingerprint density at radius 2 is 2.00 bits per heavy atom. The van der Waals surface area contributed by atoms with Gasteiger partial charge in [-0.25, -0.2) is 0 Å². The molecule has 0 aliphatic heterocycles. The molecular weight excluding hydrogens is 306 g/mol. The van der Waals surface area contributed by atoms with Crippen molar-refractivity contribution in [3.63, 3.8) is 0 Å². The van der Waals surface area contributed by atoms with Crippen LogP contribution in [0.15, 0.2) is 47.8 Å². The van der Waals surface area contributed by atoms with Crippen LogP contribution >= 0.6 is 11.3 Å². The first kappa shape index (κ1) is 17.2. The lowest BCUT2D eigenvalue weighted by molar-refractivity contribution is -0.119. The SMILES string of the molecule is CC(c1cccs1)N(C)CC(=O)N(CCC#N)c1ccccc1. The van der Waals surface area contributed by atoms with Crippen LogP contribution in [0.2, 0.25) is 0 Å². The minimum Gasteiger partial charge on any atom is -0.310 e. The summed E-state index contributed by atoms with van der Waals surface area (Å²) in [4.78, 5) is 17.7. The summed E-state index contributed by atoms with van der Waals surface area (Å²) in [7, 11) is 1.95. The fraction of sp³-hybridized carbons (Fsp3) is 0.333. The van der Waals surface area contributed by atoms with Gasteiger partial charge in [0.1, 0.15) is 0 Å². The molecule has 1 aromatic heterocycles. The van der Waals surface area contributed by atoms with Gasteiger partial charge in [-0.3, -0.25) is 9.69 Å². The second-order valence-corrected chi connectivity index (χ2v) is 6.37. The second kappa shape index (κ2) is 8.47. The predicted molar refractivity (Wildman–Crippen MR) is 94.4 cm³/mol. The Morgan fingerprint density at radius 1 is 1.26 bits per heavy atom. The van der Waals surface area contributed by atoms with Gasteiger partial charge >= 0.3 is 0 Å². The van der Waals surface area contributed by atoms with Crippen molar-refractivity contribution in [2.75, 3.05) is 25.0 Å². The number of thiophene rings is 1. The minimum absolute atomic E-state index is 0.0114. The van der Waals surface area contributed by atoms with E-state index in [1.54, 1.807) is 16.2 Å². The van der Waals surface area contributed by atoms with E-state index in [9.17, 15) is 4.79 Å². The molecule has 1 aromatic carbocycles. The normalized spacial score (nSPS) is 11.9. The van der Waals surface area contributed by atoms with Gasteiger partial charge in [0.25, 0.3) is 0 Å². The van der Waals surface area contributed by atoms with Gasteiger partial charge in [0, 0.05) is 23.2 Å². The number of para-hydroxylation sites is 1. The molecule has 4 nitrogen and oxygen atoms in total. The van der Waals surface area contributed by atoms with E-state index in [-0.39, 0.29) is 11.9 Å². The molecule has 120 valence electrons. The first-order valence-electron chi connectivity index (χ1n) is 7.59. The molecule has 2 aromatic rings. The van der Waals surface area contributed by atoms with E-state index in [1.807, 2.05) is 53.7 Å². The fourth-order valence-corrected chi connectivity index (χ4v) is 3.20. The zero-order chi connectivity index (χ0) is 16.7. The third-order valence-corrected chi connectivity index (χ3v) is 4.86. The third kappa shape index (κ3) is 4.65. The third-order valence-electron chi connectivity index (χ3n) is 3.82. The van der Waals surface area contributed by atoms with Gasteiger partial charge in [-0.05, 0) is 37.6 Å². The Bertz CT molecular complexity index is 649. The average molecular weight is 327 g/mol. The molecule has 1 atom stereocenters. The van der Waals surface area contributed by atoms with Crippen molar-refractivity contribution in [2.45, 2.75) is 19.4 Å². The van der Waals surface area contributed by atoms with Crippen LogP contribution in [-0.2, 0) is 4.79 Å². The zero-order valence-corrected chi connectivity index (χ0v) is 14.3. The number of amides is 1. The fourth-order valence-electron chi connectivity index (χ4n) is 2.35. The van der Waals surface area contributed by atoms with E-state index >= 15 is 0 Å². The van der Waals surface area contributed by atoms with Crippen molar-refractivity contribution in [3.8, 4) is 6.07 Å². The molecule has 1 amide bonds. The summed E-state index contributed by atoms with van der Waals surface area (Å²) in [6.45, 7) is 2.83. The monoisotopic (exact) mass is 327 g/mol. The molecule has 0 bridgehead atoms. The molecule has 5 heteroatoms. The average Bonchev–Trinajstić information content (AvgIpc) is 3.10. The summed E-state index contributed by atoms with van der Waals surface area (Å²) in [5, 5.41) is 10.9. The van der Waals surface area contributed by atoms with E-state index in [0.29, 0.717) is 19.5 Å². The first-order valence-corrected chi connectivity index (χ1v) is 8.47. The molecule has 23 heavy (non-hydrogen) atoms. The van der Waals surface area contributed by atoms with Crippen molar-refractivity contribution in [1.82, 2.24) is 4.90 Å². The molecule has 0 aliphatic rings. The summed E-state index contributed by atoms with van der Waals surface area (Å²) in [6.07, 6.45) is 0.324. The maximum Gasteiger partial charge on any atom is 0.241 e. The van der Waals surface area contributed by atoms with Crippen LogP contribution in [0.1, 0.15) is 24.3 Å². The quantitative estimate of drug-likeness (QED) is 0.779. The highest BCUT2D eigenvalue weighted by Crippen LogP contribution is 2.23. The predicted octanol–water partition coefficient (Wildman–Crippen LogP) is 3.69. The Morgan fingerprint density at radius 3 is 2.61 bits per heavy atom. The summed E-state index contributed by atoms with van der Waals surface area (Å²) in [5.41, 5.74) is 0.838. The Hall–Kier alpha value is -2.16. The van der Waals surface area contributed by atoms with E-state index in [1.165, 1.54) is 4.88 Å². The Labute approximate surface area is 141 Å². The van der Waals surface area contributed by atoms with Crippen molar-refractivity contribution >= 4 is 22.9 Å². The van der Waals surface area contributed by atoms with Gasteiger partial charge in [-0.2, -0.15) is 5.26 Å². The molecule has 0 saturated heterocycles. The highest BCUT2D eigenvalue weighted by molar-refractivity contribution is 7.10. The summed E-state index contributed by atoms with van der Waals surface area (Å²) >= 11 is 1.70. The molecule has 0 aliphatic carbocycles. The zero-order valence-electron chi connectivity index (χ0n) is 13.5. The number of carbonyl (C=O) groups excluding carboxylic acids is 1. The number of hydrogen-bond donors (Lipinski definition) is 0. The van der Waals surface area contributed by atoms with Crippen LogP contribution in [0, 0.1) is 11.3 Å². The molecular formula is C18H21N3OS. The summed E-state index contributed by atoms with van der Waals surface area (Å²) in [6, 6.07) is 15.9. The van der Waals surface area contributed by atoms with E-state index in [2.05, 4.69) is 19.1 Å². The maximum absolute atomic E-state index is 12.7. The van der Waals surface area contributed by atoms with Gasteiger partial charge < -0.3 is 4.90 Å². The van der Waals surface area contributed by atoms with Crippen LogP contribution in [0.4, 0.5) is 5.69 Å². The van der Waals surface area contributed by atoms with Crippen LogP contribution in [-0.4, -0.2) is 30.9 Å². The Kier molecular flexibility index (Phi) is 6.33. The molecule has 0 fully saturated rings. The van der Waals surface area contributed by atoms with Gasteiger partial charge in [0.15, 0.2) is 0 Å². The van der Waals surface area contributed by atoms with Crippen LogP contribution in [0.5, 0.6) is 0 Å². The van der Waals surface area contributed by atoms with Crippen molar-refractivity contribution < 1.29 is 4.79 Å². The molecule has 0 radical (unpaired) electrons. The van der Waals surface area contributed by atoms with E-state index in [0.717, 1.165) is 5.69 Å². The first-order chi connectivity index (χ1) is 11.1. The number of hydrogen-bond acceptors (Lipinski definition) is 4. The number of likely N-dealkylation sites (N-methyl/N-ethyl adjacent to an activating group) is 1. The lowest BCUT2D eigenvalue weighted by atomic mass is 10.2. The van der Waals surface area contributed by atoms with Gasteiger partial charge in [-0.15, -0.1) is 11.3 Å². The highest BCUT2D eigenvalue weighted by atomic mass is 32.1. The van der Waals surface area contributed by atoms with E-state index in [4.69, 9.17) is 5.26 Å². The number of nitriles is 1. The van der Waals surface area contributed by atoms with Crippen molar-refractivity contribution in [3.05, 3.63) is 52.7 Å². The molecule has 2 rings (SSSR count). The lowest BCUT2D eigenvalue weighted by Crippen LogP contribution is -2.40. The summed E-state index contributed by atoms with van der Waals surface area (Å²) in [5.74, 6) is 0.0114. The molecule has 1 unspecified atom stereocenters. The largest absolute Gasteiger partial charge is 0.310 e. The number of benzene rings is 1. The van der Waals surface area contributed by atoms with Gasteiger partial charge in [0.2, 0.25) is 5.91 Å². The maximum atomic E-state index is 12.7. The standard InChI is InChI=1S/C18H21N3OS/c1-15(17-10-6-13-23-17)20(2)14-18(22)21(12-7-11-19)16-8-4-3-5-9-16/h3-6,8-10,13,15H,7,12,14H2,1-2H3. The molecule has 0 saturated carbocycles. The number of rotatable bonds is 7. The Balaban J connectivity index is 2.07. The smallest absolute Gasteiger partial charge is 0.241 e. The number of nitrogens with zero attached hydrogens (tertiary/aromatic N) is 3. The highest BCUT2D eigenvalue weighted by Gasteiger charge is 2.20. The van der Waals surface area contributed by atoms with Gasteiger partial charge in [-0.1, -0.05) is 24.3 Å². The topological polar surface area (TPSA) is 47.3 Å². The van der Waals surface area contributed by atoms with Crippen LogP contribution in [0.25, 0.3) is 0 Å².